The molecule has 0 aromatic carbocycles. The van der Waals surface area contributed by atoms with Gasteiger partial charge in [0.25, 0.3) is 0 Å². The zero-order valence-electron chi connectivity index (χ0n) is 14.0. The monoisotopic (exact) mass is 306 g/mol. The first-order valence-corrected chi connectivity index (χ1v) is 7.56. The Kier molecular flexibility index (Phi) is 10.6. The van der Waals surface area contributed by atoms with E-state index in [0.717, 1.165) is 13.0 Å². The third-order valence-electron chi connectivity index (χ3n) is 2.47. The van der Waals surface area contributed by atoms with Crippen LogP contribution in [0.2, 0.25) is 0 Å². The zero-order chi connectivity index (χ0) is 16.3. The van der Waals surface area contributed by atoms with E-state index in [0.29, 0.717) is 12.6 Å². The summed E-state index contributed by atoms with van der Waals surface area (Å²) in [4.78, 5) is 11.4. The summed E-state index contributed by atoms with van der Waals surface area (Å²) in [6.45, 7) is 11.0. The van der Waals surface area contributed by atoms with Gasteiger partial charge in [-0.1, -0.05) is 13.8 Å². The van der Waals surface area contributed by atoms with E-state index in [-0.39, 0.29) is 31.3 Å². The molecule has 0 aliphatic rings. The smallest absolute Gasteiger partial charge is 0.246 e. The third kappa shape index (κ3) is 15.5. The van der Waals surface area contributed by atoms with Crippen LogP contribution >= 0.6 is 0 Å². The third-order valence-corrected chi connectivity index (χ3v) is 2.47. The first-order chi connectivity index (χ1) is 9.70. The molecule has 1 unspecified atom stereocenters. The van der Waals surface area contributed by atoms with Crippen molar-refractivity contribution in [2.75, 3.05) is 32.9 Å². The lowest BCUT2D eigenvalue weighted by atomic mass is 10.2. The van der Waals surface area contributed by atoms with Crippen molar-refractivity contribution in [1.82, 2.24) is 10.6 Å². The molecule has 0 aliphatic carbocycles. The van der Waals surface area contributed by atoms with Crippen molar-refractivity contribution in [3.8, 4) is 0 Å². The van der Waals surface area contributed by atoms with Crippen molar-refractivity contribution in [2.45, 2.75) is 58.9 Å². The lowest BCUT2D eigenvalue weighted by Gasteiger charge is -2.19. The Morgan fingerprint density at radius 2 is 1.95 bits per heavy atom. The lowest BCUT2D eigenvalue weighted by Crippen LogP contribution is -2.36. The Balaban J connectivity index is 3.49. The quantitative estimate of drug-likeness (QED) is 0.570. The highest BCUT2D eigenvalue weighted by atomic mass is 19.1. The Labute approximate surface area is 128 Å². The highest BCUT2D eigenvalue weighted by Gasteiger charge is 2.14. The average molecular weight is 306 g/mol. The number of amides is 1. The van der Waals surface area contributed by atoms with Gasteiger partial charge in [-0.15, -0.1) is 0 Å². The number of rotatable bonds is 11. The Bertz CT molecular complexity index is 281. The molecule has 0 spiro atoms. The van der Waals surface area contributed by atoms with Gasteiger partial charge in [0.05, 0.1) is 18.8 Å². The Hall–Kier alpha value is -0.720. The minimum absolute atomic E-state index is 0.00207. The van der Waals surface area contributed by atoms with E-state index in [1.807, 2.05) is 20.8 Å². The van der Waals surface area contributed by atoms with E-state index >= 15 is 0 Å². The molecule has 0 bridgehead atoms. The minimum Gasteiger partial charge on any atom is -0.378 e. The molecule has 0 radical (unpaired) electrons. The first-order valence-electron chi connectivity index (χ1n) is 7.56. The van der Waals surface area contributed by atoms with Gasteiger partial charge in [-0.2, -0.15) is 0 Å². The van der Waals surface area contributed by atoms with Crippen LogP contribution in [0, 0.1) is 0 Å². The van der Waals surface area contributed by atoms with Crippen molar-refractivity contribution >= 4 is 5.91 Å². The molecular formula is C15H31FN2O3. The number of nitrogens with one attached hydrogen (secondary N) is 2. The summed E-state index contributed by atoms with van der Waals surface area (Å²) in [7, 11) is 0. The number of ether oxygens (including phenoxy) is 2. The van der Waals surface area contributed by atoms with Crippen LogP contribution in [0.25, 0.3) is 0 Å². The molecule has 0 saturated heterocycles. The second-order valence-electron chi connectivity index (χ2n) is 6.34. The fourth-order valence-electron chi connectivity index (χ4n) is 1.39. The zero-order valence-corrected chi connectivity index (χ0v) is 14.0. The topological polar surface area (TPSA) is 59.6 Å². The standard InChI is InChI=1S/C15H31FN2O3/c1-12(2)17-7-6-8-20-10-13(16)9-18-14(19)11-21-15(3,4)5/h12-13,17H,6-11H2,1-5H3,(H,18,19). The lowest BCUT2D eigenvalue weighted by molar-refractivity contribution is -0.130. The van der Waals surface area contributed by atoms with Crippen LogP contribution in [-0.2, 0) is 14.3 Å². The predicted octanol–water partition coefficient (Wildman–Crippen LogP) is 1.66. The number of halogens is 1. The van der Waals surface area contributed by atoms with Crippen molar-refractivity contribution in [3.63, 3.8) is 0 Å². The second-order valence-corrected chi connectivity index (χ2v) is 6.34. The van der Waals surface area contributed by atoms with Crippen LogP contribution in [0.3, 0.4) is 0 Å². The maximum absolute atomic E-state index is 13.5. The Morgan fingerprint density at radius 3 is 2.52 bits per heavy atom. The summed E-state index contributed by atoms with van der Waals surface area (Å²) in [5, 5.41) is 5.75. The van der Waals surface area contributed by atoms with Crippen molar-refractivity contribution in [1.29, 1.82) is 0 Å². The fourth-order valence-corrected chi connectivity index (χ4v) is 1.39. The Morgan fingerprint density at radius 1 is 1.29 bits per heavy atom. The molecular weight excluding hydrogens is 275 g/mol. The van der Waals surface area contributed by atoms with Gasteiger partial charge in [-0.25, -0.2) is 4.39 Å². The second kappa shape index (κ2) is 10.9. The number of hydrogen-bond donors (Lipinski definition) is 2. The maximum Gasteiger partial charge on any atom is 0.246 e. The molecule has 0 saturated carbocycles. The van der Waals surface area contributed by atoms with Gasteiger partial charge in [-0.05, 0) is 33.7 Å². The number of alkyl halides is 1. The van der Waals surface area contributed by atoms with E-state index in [4.69, 9.17) is 9.47 Å². The number of carbonyl (C=O) groups excluding carboxylic acids is 1. The van der Waals surface area contributed by atoms with Gasteiger partial charge in [0, 0.05) is 12.6 Å². The molecule has 2 N–H and O–H groups in total. The molecule has 0 rings (SSSR count). The van der Waals surface area contributed by atoms with E-state index in [1.165, 1.54) is 0 Å². The summed E-state index contributed by atoms with van der Waals surface area (Å²) >= 11 is 0. The molecule has 5 nitrogen and oxygen atoms in total. The average Bonchev–Trinajstić information content (AvgIpc) is 2.36. The van der Waals surface area contributed by atoms with Gasteiger partial charge in [-0.3, -0.25) is 4.79 Å². The maximum atomic E-state index is 13.5. The van der Waals surface area contributed by atoms with Gasteiger partial charge in [0.2, 0.25) is 5.91 Å². The van der Waals surface area contributed by atoms with Crippen LogP contribution < -0.4 is 10.6 Å². The summed E-state index contributed by atoms with van der Waals surface area (Å²) in [5.74, 6) is -0.311. The first kappa shape index (κ1) is 20.3. The SMILES string of the molecule is CC(C)NCCCOCC(F)CNC(=O)COC(C)(C)C. The number of hydrogen-bond acceptors (Lipinski definition) is 4. The predicted molar refractivity (Wildman–Crippen MR) is 82.2 cm³/mol. The van der Waals surface area contributed by atoms with Gasteiger partial charge in [0.15, 0.2) is 0 Å². The largest absolute Gasteiger partial charge is 0.378 e. The fraction of sp³-hybridized carbons (Fsp3) is 0.933. The van der Waals surface area contributed by atoms with Crippen molar-refractivity contribution in [3.05, 3.63) is 0 Å². The van der Waals surface area contributed by atoms with E-state index < -0.39 is 6.17 Å². The van der Waals surface area contributed by atoms with Crippen LogP contribution in [0.5, 0.6) is 0 Å². The molecule has 0 heterocycles. The summed E-state index contributed by atoms with van der Waals surface area (Å²) in [6.07, 6.45) is -0.349. The van der Waals surface area contributed by atoms with Gasteiger partial charge >= 0.3 is 0 Å². The molecule has 0 fully saturated rings. The van der Waals surface area contributed by atoms with Crippen molar-refractivity contribution < 1.29 is 18.7 Å². The normalized spacial score (nSPS) is 13.5. The van der Waals surface area contributed by atoms with Crippen LogP contribution in [-0.4, -0.2) is 56.6 Å². The molecule has 0 aromatic rings. The molecule has 126 valence electrons. The van der Waals surface area contributed by atoms with Crippen LogP contribution in [0.4, 0.5) is 4.39 Å². The summed E-state index contributed by atoms with van der Waals surface area (Å²) in [6, 6.07) is 0.449. The van der Waals surface area contributed by atoms with E-state index in [2.05, 4.69) is 24.5 Å². The highest BCUT2D eigenvalue weighted by molar-refractivity contribution is 5.77. The van der Waals surface area contributed by atoms with Crippen LogP contribution in [0.1, 0.15) is 41.0 Å². The molecule has 21 heavy (non-hydrogen) atoms. The minimum atomic E-state index is -1.19. The van der Waals surface area contributed by atoms with Gasteiger partial charge in [0.1, 0.15) is 12.8 Å². The van der Waals surface area contributed by atoms with E-state index in [9.17, 15) is 9.18 Å². The highest BCUT2D eigenvalue weighted by Crippen LogP contribution is 2.05. The molecule has 1 amide bonds. The van der Waals surface area contributed by atoms with Gasteiger partial charge < -0.3 is 20.1 Å². The van der Waals surface area contributed by atoms with E-state index in [1.54, 1.807) is 0 Å². The summed E-state index contributed by atoms with van der Waals surface area (Å²) < 4.78 is 24.0. The molecule has 0 aromatic heterocycles. The number of carbonyl (C=O) groups is 1. The van der Waals surface area contributed by atoms with Crippen molar-refractivity contribution in [2.24, 2.45) is 0 Å². The van der Waals surface area contributed by atoms with Crippen LogP contribution in [0.15, 0.2) is 0 Å². The molecule has 1 atom stereocenters. The molecule has 6 heteroatoms. The summed E-state index contributed by atoms with van der Waals surface area (Å²) in [5.41, 5.74) is -0.375. The molecule has 0 aliphatic heterocycles.